The van der Waals surface area contributed by atoms with Crippen LogP contribution in [0.4, 0.5) is 0 Å². The van der Waals surface area contributed by atoms with Crippen LogP contribution in [-0.2, 0) is 4.79 Å². The minimum atomic E-state index is -0.978. The van der Waals surface area contributed by atoms with Crippen molar-refractivity contribution in [3.8, 4) is 0 Å². The van der Waals surface area contributed by atoms with Crippen LogP contribution in [0.1, 0.15) is 96.4 Å². The van der Waals surface area contributed by atoms with Crippen molar-refractivity contribution in [1.82, 2.24) is 0 Å². The second-order valence-electron chi connectivity index (χ2n) is 6.84. The van der Waals surface area contributed by atoms with Gasteiger partial charge in [-0.2, -0.15) is 4.57 Å². The molecule has 0 spiro atoms. The molecule has 24 heavy (non-hydrogen) atoms. The van der Waals surface area contributed by atoms with Crippen molar-refractivity contribution in [2.75, 3.05) is 0 Å². The summed E-state index contributed by atoms with van der Waals surface area (Å²) < 4.78 is 1.74. The molecule has 0 aliphatic carbocycles. The van der Waals surface area contributed by atoms with Crippen LogP contribution in [0.25, 0.3) is 0 Å². The molecule has 136 valence electrons. The number of pyridine rings is 1. The van der Waals surface area contributed by atoms with Crippen molar-refractivity contribution in [2.45, 2.75) is 96.4 Å². The molecule has 0 amide bonds. The number of unbranched alkanes of at least 4 members (excludes halogenated alkanes) is 11. The van der Waals surface area contributed by atoms with Crippen molar-refractivity contribution in [3.63, 3.8) is 0 Å². The van der Waals surface area contributed by atoms with E-state index in [1.165, 1.54) is 64.2 Å². The lowest BCUT2D eigenvalue weighted by atomic mass is 10.0. The third kappa shape index (κ3) is 9.69. The SMILES string of the molecule is CCCCCCCCCCCCCCC(C(=O)[O-])[n+]1ccccc1. The van der Waals surface area contributed by atoms with Crippen LogP contribution in [0.2, 0.25) is 0 Å². The van der Waals surface area contributed by atoms with Crippen molar-refractivity contribution in [3.05, 3.63) is 30.6 Å². The molecule has 0 saturated heterocycles. The van der Waals surface area contributed by atoms with E-state index in [2.05, 4.69) is 6.92 Å². The van der Waals surface area contributed by atoms with Crippen molar-refractivity contribution in [1.29, 1.82) is 0 Å². The van der Waals surface area contributed by atoms with Crippen molar-refractivity contribution >= 4 is 5.97 Å². The number of carboxylic acid groups (broad SMARTS) is 1. The topological polar surface area (TPSA) is 44.0 Å². The number of hydrogen-bond donors (Lipinski definition) is 0. The third-order valence-electron chi connectivity index (χ3n) is 4.70. The van der Waals surface area contributed by atoms with E-state index in [0.29, 0.717) is 6.42 Å². The summed E-state index contributed by atoms with van der Waals surface area (Å²) >= 11 is 0. The molecule has 0 aliphatic rings. The van der Waals surface area contributed by atoms with Crippen LogP contribution in [0.3, 0.4) is 0 Å². The lowest BCUT2D eigenvalue weighted by Crippen LogP contribution is -2.48. The number of hydrogen-bond acceptors (Lipinski definition) is 2. The number of aromatic nitrogens is 1. The Balaban J connectivity index is 2.00. The highest BCUT2D eigenvalue weighted by molar-refractivity contribution is 5.67. The summed E-state index contributed by atoms with van der Waals surface area (Å²) in [5.41, 5.74) is 0. The number of carbonyl (C=O) groups is 1. The van der Waals surface area contributed by atoms with Gasteiger partial charge in [-0.05, 0) is 6.42 Å². The molecule has 1 atom stereocenters. The fraction of sp³-hybridized carbons (Fsp3) is 0.714. The molecule has 1 aromatic rings. The highest BCUT2D eigenvalue weighted by atomic mass is 16.4. The van der Waals surface area contributed by atoms with Gasteiger partial charge in [-0.1, -0.05) is 83.6 Å². The number of rotatable bonds is 15. The van der Waals surface area contributed by atoms with Gasteiger partial charge in [0.05, 0.1) is 0 Å². The van der Waals surface area contributed by atoms with Gasteiger partial charge < -0.3 is 9.90 Å². The lowest BCUT2D eigenvalue weighted by molar-refractivity contribution is -0.716. The molecule has 0 saturated carbocycles. The Kier molecular flexibility index (Phi) is 12.1. The average molecular weight is 334 g/mol. The zero-order valence-electron chi connectivity index (χ0n) is 15.4. The van der Waals surface area contributed by atoms with Crippen LogP contribution in [0.15, 0.2) is 30.6 Å². The number of carboxylic acids is 1. The van der Waals surface area contributed by atoms with Crippen molar-refractivity contribution in [2.24, 2.45) is 0 Å². The molecule has 1 aromatic heterocycles. The summed E-state index contributed by atoms with van der Waals surface area (Å²) in [5, 5.41) is 11.3. The van der Waals surface area contributed by atoms with Crippen molar-refractivity contribution < 1.29 is 14.5 Å². The monoisotopic (exact) mass is 333 g/mol. The zero-order chi connectivity index (χ0) is 17.5. The molecule has 0 N–H and O–H groups in total. The Morgan fingerprint density at radius 1 is 0.792 bits per heavy atom. The van der Waals surface area contributed by atoms with Gasteiger partial charge >= 0.3 is 0 Å². The van der Waals surface area contributed by atoms with Gasteiger partial charge in [-0.25, -0.2) is 0 Å². The Labute approximate surface area is 148 Å². The van der Waals surface area contributed by atoms with Gasteiger partial charge in [0.25, 0.3) is 0 Å². The van der Waals surface area contributed by atoms with E-state index < -0.39 is 12.0 Å². The highest BCUT2D eigenvalue weighted by Crippen LogP contribution is 2.14. The molecular weight excluding hydrogens is 298 g/mol. The summed E-state index contributed by atoms with van der Waals surface area (Å²) in [4.78, 5) is 11.3. The van der Waals surface area contributed by atoms with Gasteiger partial charge in [0.15, 0.2) is 18.4 Å². The summed E-state index contributed by atoms with van der Waals surface area (Å²) in [5.74, 6) is -0.978. The van der Waals surface area contributed by atoms with E-state index in [9.17, 15) is 9.90 Å². The van der Waals surface area contributed by atoms with E-state index in [-0.39, 0.29) is 0 Å². The van der Waals surface area contributed by atoms with Gasteiger partial charge in [0.1, 0.15) is 5.97 Å². The largest absolute Gasteiger partial charge is 0.543 e. The summed E-state index contributed by atoms with van der Waals surface area (Å²) in [6, 6.07) is 5.08. The number of aliphatic carboxylic acids is 1. The molecule has 0 aromatic carbocycles. The minimum absolute atomic E-state index is 0.533. The Morgan fingerprint density at radius 2 is 1.25 bits per heavy atom. The predicted octanol–water partition coefficient (Wildman–Crippen LogP) is 4.36. The van der Waals surface area contributed by atoms with E-state index in [1.807, 2.05) is 18.2 Å². The van der Waals surface area contributed by atoms with Crippen LogP contribution >= 0.6 is 0 Å². The van der Waals surface area contributed by atoms with Crippen LogP contribution < -0.4 is 9.67 Å². The predicted molar refractivity (Wildman–Crippen MR) is 96.4 cm³/mol. The first-order valence-corrected chi connectivity index (χ1v) is 9.92. The molecule has 1 unspecified atom stereocenters. The molecule has 1 heterocycles. The molecule has 0 aliphatic heterocycles. The fourth-order valence-corrected chi connectivity index (χ4v) is 3.19. The molecular formula is C21H35NO2. The van der Waals surface area contributed by atoms with E-state index >= 15 is 0 Å². The second kappa shape index (κ2) is 14.0. The van der Waals surface area contributed by atoms with Gasteiger partial charge in [0, 0.05) is 18.6 Å². The second-order valence-corrected chi connectivity index (χ2v) is 6.84. The van der Waals surface area contributed by atoms with Crippen LogP contribution in [0, 0.1) is 0 Å². The quantitative estimate of drug-likeness (QED) is 0.354. The first-order valence-electron chi connectivity index (χ1n) is 9.92. The highest BCUT2D eigenvalue weighted by Gasteiger charge is 2.18. The minimum Gasteiger partial charge on any atom is -0.543 e. The maximum absolute atomic E-state index is 11.3. The zero-order valence-corrected chi connectivity index (χ0v) is 15.4. The fourth-order valence-electron chi connectivity index (χ4n) is 3.19. The van der Waals surface area contributed by atoms with Gasteiger partial charge in [-0.3, -0.25) is 0 Å². The lowest BCUT2D eigenvalue weighted by Gasteiger charge is -2.13. The average Bonchev–Trinajstić information content (AvgIpc) is 2.59. The standard InChI is InChI=1S/C21H35NO2/c1-2-3-4-5-6-7-8-9-10-11-12-14-17-20(21(23)24)22-18-15-13-16-19-22/h13,15-16,18-20H,2-12,14,17H2,1H3. The molecule has 3 nitrogen and oxygen atoms in total. The third-order valence-corrected chi connectivity index (χ3v) is 4.70. The Morgan fingerprint density at radius 3 is 1.71 bits per heavy atom. The van der Waals surface area contributed by atoms with E-state index in [0.717, 1.165) is 12.8 Å². The molecule has 0 fully saturated rings. The first kappa shape index (κ1) is 20.7. The maximum atomic E-state index is 11.3. The summed E-state index contributed by atoms with van der Waals surface area (Å²) in [7, 11) is 0. The number of carbonyl (C=O) groups excluding carboxylic acids is 1. The van der Waals surface area contributed by atoms with Gasteiger partial charge in [-0.15, -0.1) is 0 Å². The Bertz CT molecular complexity index is 419. The van der Waals surface area contributed by atoms with Crippen LogP contribution in [0.5, 0.6) is 0 Å². The Hall–Kier alpha value is -1.38. The molecule has 3 heteroatoms. The number of nitrogens with zero attached hydrogens (tertiary/aromatic N) is 1. The van der Waals surface area contributed by atoms with E-state index in [4.69, 9.17) is 0 Å². The van der Waals surface area contributed by atoms with Gasteiger partial charge in [0.2, 0.25) is 0 Å². The van der Waals surface area contributed by atoms with E-state index in [1.54, 1.807) is 17.0 Å². The summed E-state index contributed by atoms with van der Waals surface area (Å²) in [6.45, 7) is 2.26. The normalized spacial score (nSPS) is 12.2. The first-order chi connectivity index (χ1) is 11.8. The summed E-state index contributed by atoms with van der Waals surface area (Å²) in [6.07, 6.45) is 19.8. The smallest absolute Gasteiger partial charge is 0.197 e. The molecule has 0 bridgehead atoms. The molecule has 0 radical (unpaired) electrons. The molecule has 1 rings (SSSR count). The van der Waals surface area contributed by atoms with Crippen LogP contribution in [-0.4, -0.2) is 5.97 Å². The maximum Gasteiger partial charge on any atom is 0.197 e.